The van der Waals surface area contributed by atoms with Crippen LogP contribution in [-0.4, -0.2) is 62.2 Å². The molecule has 0 aromatic carbocycles. The zero-order chi connectivity index (χ0) is 11.3. The van der Waals surface area contributed by atoms with Gasteiger partial charge in [0.25, 0.3) is 0 Å². The molecule has 0 aromatic rings. The van der Waals surface area contributed by atoms with Gasteiger partial charge in [-0.2, -0.15) is 0 Å². The zero-order valence-electron chi connectivity index (χ0n) is 10.8. The third-order valence-corrected chi connectivity index (χ3v) is 3.58. The Bertz CT molecular complexity index is 172. The zero-order valence-corrected chi connectivity index (χ0v) is 10.8. The molecule has 0 amide bonds. The number of hydrogen-bond acceptors (Lipinski definition) is 3. The minimum atomic E-state index is 0.727. The molecule has 1 aliphatic rings. The van der Waals surface area contributed by atoms with Crippen molar-refractivity contribution >= 4 is 0 Å². The van der Waals surface area contributed by atoms with Crippen LogP contribution in [-0.2, 0) is 0 Å². The van der Waals surface area contributed by atoms with E-state index in [1.807, 2.05) is 7.05 Å². The minimum absolute atomic E-state index is 0.727. The maximum absolute atomic E-state index is 3.26. The van der Waals surface area contributed by atoms with E-state index in [1.165, 1.54) is 32.5 Å². The molecule has 2 atom stereocenters. The molecule has 1 aliphatic heterocycles. The van der Waals surface area contributed by atoms with E-state index >= 15 is 0 Å². The predicted molar refractivity (Wildman–Crippen MR) is 66.3 cm³/mol. The highest BCUT2D eigenvalue weighted by atomic mass is 15.2. The summed E-state index contributed by atoms with van der Waals surface area (Å²) in [5.74, 6) is 0. The van der Waals surface area contributed by atoms with Crippen LogP contribution in [0.15, 0.2) is 0 Å². The highest BCUT2D eigenvalue weighted by Gasteiger charge is 2.26. The van der Waals surface area contributed by atoms with Gasteiger partial charge in [-0.3, -0.25) is 4.90 Å². The van der Waals surface area contributed by atoms with Crippen LogP contribution in [0.1, 0.15) is 26.7 Å². The van der Waals surface area contributed by atoms with Crippen molar-refractivity contribution in [1.29, 1.82) is 0 Å². The van der Waals surface area contributed by atoms with Gasteiger partial charge in [0.15, 0.2) is 0 Å². The van der Waals surface area contributed by atoms with E-state index in [0.29, 0.717) is 0 Å². The van der Waals surface area contributed by atoms with Crippen LogP contribution in [0.5, 0.6) is 0 Å². The summed E-state index contributed by atoms with van der Waals surface area (Å²) in [6.07, 6.45) is 2.57. The summed E-state index contributed by atoms with van der Waals surface area (Å²) in [5.41, 5.74) is 0. The van der Waals surface area contributed by atoms with Crippen LogP contribution in [0.3, 0.4) is 0 Å². The molecular weight excluding hydrogens is 186 g/mol. The van der Waals surface area contributed by atoms with E-state index in [9.17, 15) is 0 Å². The lowest BCUT2D eigenvalue weighted by atomic mass is 10.1. The molecular formula is C12H27N3. The fraction of sp³-hybridized carbons (Fsp3) is 1.00. The summed E-state index contributed by atoms with van der Waals surface area (Å²) in [6, 6.07) is 1.46. The van der Waals surface area contributed by atoms with Gasteiger partial charge in [0, 0.05) is 18.6 Å². The Kier molecular flexibility index (Phi) is 5.58. The van der Waals surface area contributed by atoms with E-state index in [4.69, 9.17) is 0 Å². The molecule has 0 bridgehead atoms. The lowest BCUT2D eigenvalue weighted by molar-refractivity contribution is 0.145. The Hall–Kier alpha value is -0.120. The summed E-state index contributed by atoms with van der Waals surface area (Å²) in [6.45, 7) is 9.43. The SMILES string of the molecule is CCN1C(C)CCN(C)CC1CCNC. The molecule has 3 heteroatoms. The van der Waals surface area contributed by atoms with Crippen LogP contribution in [0.25, 0.3) is 0 Å². The van der Waals surface area contributed by atoms with Crippen molar-refractivity contribution in [2.75, 3.05) is 40.3 Å². The van der Waals surface area contributed by atoms with Crippen molar-refractivity contribution in [3.8, 4) is 0 Å². The summed E-state index contributed by atoms with van der Waals surface area (Å²) < 4.78 is 0. The van der Waals surface area contributed by atoms with Gasteiger partial charge in [-0.15, -0.1) is 0 Å². The van der Waals surface area contributed by atoms with Gasteiger partial charge >= 0.3 is 0 Å². The van der Waals surface area contributed by atoms with E-state index in [1.54, 1.807) is 0 Å². The first-order valence-electron chi connectivity index (χ1n) is 6.28. The highest BCUT2D eigenvalue weighted by Crippen LogP contribution is 2.16. The number of rotatable bonds is 4. The molecule has 0 radical (unpaired) electrons. The molecule has 1 rings (SSSR count). The molecule has 0 aromatic heterocycles. The third-order valence-electron chi connectivity index (χ3n) is 3.58. The van der Waals surface area contributed by atoms with E-state index in [-0.39, 0.29) is 0 Å². The molecule has 0 saturated carbocycles. The first-order chi connectivity index (χ1) is 7.19. The van der Waals surface area contributed by atoms with Crippen molar-refractivity contribution in [2.45, 2.75) is 38.8 Å². The molecule has 1 fully saturated rings. The molecule has 1 heterocycles. The summed E-state index contributed by atoms with van der Waals surface area (Å²) in [7, 11) is 4.29. The van der Waals surface area contributed by atoms with Crippen LogP contribution in [0, 0.1) is 0 Å². The Morgan fingerprint density at radius 1 is 1.40 bits per heavy atom. The lowest BCUT2D eigenvalue weighted by Crippen LogP contribution is -2.44. The van der Waals surface area contributed by atoms with Gasteiger partial charge in [-0.25, -0.2) is 0 Å². The maximum Gasteiger partial charge on any atom is 0.0237 e. The van der Waals surface area contributed by atoms with Crippen molar-refractivity contribution < 1.29 is 0 Å². The predicted octanol–water partition coefficient (Wildman–Crippen LogP) is 1.01. The first-order valence-corrected chi connectivity index (χ1v) is 6.28. The van der Waals surface area contributed by atoms with Gasteiger partial charge in [-0.05, 0) is 53.5 Å². The standard InChI is InChI=1S/C12H27N3/c1-5-15-11(2)7-9-14(4)10-12(15)6-8-13-3/h11-13H,5-10H2,1-4H3. The molecule has 0 aliphatic carbocycles. The summed E-state index contributed by atoms with van der Waals surface area (Å²) in [5, 5.41) is 3.26. The smallest absolute Gasteiger partial charge is 0.0237 e. The lowest BCUT2D eigenvalue weighted by Gasteiger charge is -2.33. The normalized spacial score (nSPS) is 30.4. The Labute approximate surface area is 94.8 Å². The second-order valence-corrected chi connectivity index (χ2v) is 4.78. The van der Waals surface area contributed by atoms with Gasteiger partial charge < -0.3 is 10.2 Å². The third kappa shape index (κ3) is 3.74. The Morgan fingerprint density at radius 2 is 2.13 bits per heavy atom. The number of nitrogens with zero attached hydrogens (tertiary/aromatic N) is 2. The highest BCUT2D eigenvalue weighted by molar-refractivity contribution is 4.83. The molecule has 0 spiro atoms. The summed E-state index contributed by atoms with van der Waals surface area (Å²) in [4.78, 5) is 5.15. The second-order valence-electron chi connectivity index (χ2n) is 4.78. The van der Waals surface area contributed by atoms with Gasteiger partial charge in [0.05, 0.1) is 0 Å². The molecule has 15 heavy (non-hydrogen) atoms. The molecule has 90 valence electrons. The minimum Gasteiger partial charge on any atom is -0.320 e. The van der Waals surface area contributed by atoms with E-state index in [2.05, 4.69) is 36.0 Å². The van der Waals surface area contributed by atoms with Crippen molar-refractivity contribution in [1.82, 2.24) is 15.1 Å². The average Bonchev–Trinajstić information content (AvgIpc) is 2.35. The molecule has 3 nitrogen and oxygen atoms in total. The number of hydrogen-bond donors (Lipinski definition) is 1. The van der Waals surface area contributed by atoms with Gasteiger partial charge in [-0.1, -0.05) is 6.92 Å². The fourth-order valence-corrected chi connectivity index (χ4v) is 2.63. The van der Waals surface area contributed by atoms with Crippen molar-refractivity contribution in [3.05, 3.63) is 0 Å². The van der Waals surface area contributed by atoms with Crippen LogP contribution in [0.4, 0.5) is 0 Å². The second kappa shape index (κ2) is 6.46. The van der Waals surface area contributed by atoms with Gasteiger partial charge in [0.2, 0.25) is 0 Å². The average molecular weight is 213 g/mol. The number of nitrogens with one attached hydrogen (secondary N) is 1. The van der Waals surface area contributed by atoms with Crippen LogP contribution < -0.4 is 5.32 Å². The largest absolute Gasteiger partial charge is 0.320 e. The quantitative estimate of drug-likeness (QED) is 0.752. The Balaban J connectivity index is 2.58. The van der Waals surface area contributed by atoms with Crippen LogP contribution >= 0.6 is 0 Å². The monoisotopic (exact) mass is 213 g/mol. The molecule has 2 unspecified atom stereocenters. The molecule has 1 saturated heterocycles. The molecule has 1 N–H and O–H groups in total. The van der Waals surface area contributed by atoms with Crippen molar-refractivity contribution in [2.24, 2.45) is 0 Å². The van der Waals surface area contributed by atoms with Crippen molar-refractivity contribution in [3.63, 3.8) is 0 Å². The maximum atomic E-state index is 3.26. The topological polar surface area (TPSA) is 18.5 Å². The van der Waals surface area contributed by atoms with E-state index < -0.39 is 0 Å². The Morgan fingerprint density at radius 3 is 2.73 bits per heavy atom. The first kappa shape index (κ1) is 12.9. The van der Waals surface area contributed by atoms with E-state index in [0.717, 1.165) is 18.6 Å². The van der Waals surface area contributed by atoms with Gasteiger partial charge in [0.1, 0.15) is 0 Å². The fourth-order valence-electron chi connectivity index (χ4n) is 2.63. The number of likely N-dealkylation sites (N-methyl/N-ethyl adjacent to an activating group) is 2. The van der Waals surface area contributed by atoms with Crippen LogP contribution in [0.2, 0.25) is 0 Å². The summed E-state index contributed by atoms with van der Waals surface area (Å²) >= 11 is 0.